The molecule has 0 aromatic carbocycles. The molecular weight excluding hydrogens is 414 g/mol. The van der Waals surface area contributed by atoms with Crippen LogP contribution < -0.4 is 10.7 Å². The van der Waals surface area contributed by atoms with Gasteiger partial charge in [0.15, 0.2) is 6.04 Å². The van der Waals surface area contributed by atoms with E-state index in [1.165, 1.54) is 0 Å². The number of ether oxygens (including phenoxy) is 1. The Bertz CT molecular complexity index is 650. The minimum absolute atomic E-state index is 0.0440. The van der Waals surface area contributed by atoms with E-state index in [1.807, 2.05) is 27.7 Å². The van der Waals surface area contributed by atoms with Gasteiger partial charge in [-0.05, 0) is 45.4 Å². The van der Waals surface area contributed by atoms with E-state index < -0.39 is 35.7 Å². The molecule has 0 spiro atoms. The minimum atomic E-state index is -0.994. The summed E-state index contributed by atoms with van der Waals surface area (Å²) in [5, 5.41) is 22.9. The van der Waals surface area contributed by atoms with Crippen molar-refractivity contribution in [2.75, 3.05) is 13.1 Å². The highest BCUT2D eigenvalue weighted by Gasteiger charge is 2.49. The fraction of sp³-hybridized carbons (Fsp3) is 0.870. The van der Waals surface area contributed by atoms with Gasteiger partial charge in [-0.15, -0.1) is 0 Å². The fourth-order valence-corrected chi connectivity index (χ4v) is 4.30. The molecule has 1 fully saturated rings. The summed E-state index contributed by atoms with van der Waals surface area (Å²) in [6.07, 6.45) is 2.87. The lowest BCUT2D eigenvalue weighted by atomic mass is 9.93. The number of nitrogens with zero attached hydrogens (tertiary/aromatic N) is 1. The van der Waals surface area contributed by atoms with Gasteiger partial charge in [0.05, 0.1) is 12.6 Å². The third-order valence-electron chi connectivity index (χ3n) is 6.60. The van der Waals surface area contributed by atoms with Gasteiger partial charge in [-0.1, -0.05) is 40.5 Å². The summed E-state index contributed by atoms with van der Waals surface area (Å²) < 4.78 is 5.38. The van der Waals surface area contributed by atoms with Gasteiger partial charge in [-0.3, -0.25) is 4.79 Å². The third-order valence-corrected chi connectivity index (χ3v) is 6.60. The molecule has 1 rings (SSSR count). The monoisotopic (exact) mass is 458 g/mol. The van der Waals surface area contributed by atoms with Crippen LogP contribution in [0.5, 0.6) is 0 Å². The van der Waals surface area contributed by atoms with Crippen molar-refractivity contribution >= 4 is 18.0 Å². The van der Waals surface area contributed by atoms with Crippen molar-refractivity contribution in [3.05, 3.63) is 0 Å². The predicted molar refractivity (Wildman–Crippen MR) is 122 cm³/mol. The van der Waals surface area contributed by atoms with Crippen LogP contribution >= 0.6 is 0 Å². The van der Waals surface area contributed by atoms with E-state index in [0.29, 0.717) is 19.4 Å². The standard InChI is InChI=1S/C23H43N3O6/c1-8-15(3)17(24-22(31)32-23(5,6)7)14-26(13-11-10-12-18(26)20(27)28)25-19(21(29)30)16(4)9-2/h15-19,25H,8-14H2,1-7H3,(H2-,24,27,28,29,30,31)/p+1/t15-,16-,17+,18-,19-,26?/m0/s1. The lowest BCUT2D eigenvalue weighted by molar-refractivity contribution is -0.991. The zero-order valence-electron chi connectivity index (χ0n) is 20.8. The average molecular weight is 459 g/mol. The number of carboxylic acids is 2. The number of carbonyl (C=O) groups is 3. The summed E-state index contributed by atoms with van der Waals surface area (Å²) in [6, 6.07) is -2.06. The van der Waals surface area contributed by atoms with Gasteiger partial charge < -0.3 is 20.3 Å². The van der Waals surface area contributed by atoms with Crippen LogP contribution in [0.2, 0.25) is 0 Å². The van der Waals surface area contributed by atoms with Crippen LogP contribution in [-0.4, -0.2) is 69.7 Å². The van der Waals surface area contributed by atoms with E-state index in [-0.39, 0.29) is 29.0 Å². The zero-order valence-corrected chi connectivity index (χ0v) is 20.8. The molecule has 186 valence electrons. The molecule has 9 heteroatoms. The number of rotatable bonds is 11. The first-order valence-electron chi connectivity index (χ1n) is 11.9. The Morgan fingerprint density at radius 1 is 1.06 bits per heavy atom. The number of hydrogen-bond donors (Lipinski definition) is 4. The Hall–Kier alpha value is -1.87. The topological polar surface area (TPSA) is 125 Å². The third kappa shape index (κ3) is 7.92. The number of amides is 1. The first-order valence-corrected chi connectivity index (χ1v) is 11.9. The Labute approximate surface area is 192 Å². The molecule has 1 amide bonds. The van der Waals surface area contributed by atoms with Gasteiger partial charge in [0.1, 0.15) is 12.1 Å². The number of piperidine rings is 1. The summed E-state index contributed by atoms with van der Waals surface area (Å²) in [5.74, 6) is -2.08. The first kappa shape index (κ1) is 28.2. The van der Waals surface area contributed by atoms with Crippen molar-refractivity contribution in [1.82, 2.24) is 10.7 Å². The van der Waals surface area contributed by atoms with E-state index in [1.54, 1.807) is 20.8 Å². The van der Waals surface area contributed by atoms with E-state index in [9.17, 15) is 24.6 Å². The van der Waals surface area contributed by atoms with Crippen LogP contribution in [0.3, 0.4) is 0 Å². The molecule has 0 aliphatic carbocycles. The van der Waals surface area contributed by atoms with Crippen molar-refractivity contribution < 1.29 is 33.9 Å². The Kier molecular flexibility index (Phi) is 10.4. The minimum Gasteiger partial charge on any atom is -0.480 e. The fourth-order valence-electron chi connectivity index (χ4n) is 4.30. The van der Waals surface area contributed by atoms with Gasteiger partial charge in [-0.2, -0.15) is 5.43 Å². The lowest BCUT2D eigenvalue weighted by Gasteiger charge is -2.48. The maximum absolute atomic E-state index is 12.6. The SMILES string of the molecule is CC[C@H](C)[C@H](N[N+]1(C[C@@H](NC(=O)OC(C)(C)C)[C@@H](C)CC)CCCC[C@H]1C(=O)O)C(=O)O. The Morgan fingerprint density at radius 2 is 1.66 bits per heavy atom. The highest BCUT2D eigenvalue weighted by Crippen LogP contribution is 2.28. The molecule has 0 bridgehead atoms. The average Bonchev–Trinajstić information content (AvgIpc) is 2.68. The number of hydrogen-bond acceptors (Lipinski definition) is 5. The zero-order chi connectivity index (χ0) is 24.7. The molecular formula is C23H44N3O6+. The van der Waals surface area contributed by atoms with Crippen LogP contribution in [0.25, 0.3) is 0 Å². The van der Waals surface area contributed by atoms with Gasteiger partial charge in [0.2, 0.25) is 6.04 Å². The second-order valence-electron chi connectivity index (χ2n) is 10.3. The van der Waals surface area contributed by atoms with Gasteiger partial charge in [0.25, 0.3) is 0 Å². The van der Waals surface area contributed by atoms with Crippen LogP contribution in [0.1, 0.15) is 80.6 Å². The molecule has 0 radical (unpaired) electrons. The van der Waals surface area contributed by atoms with Gasteiger partial charge in [-0.25, -0.2) is 14.2 Å². The molecule has 6 atom stereocenters. The number of carboxylic acid groups (broad SMARTS) is 2. The number of carbonyl (C=O) groups excluding carboxylic acids is 1. The number of likely N-dealkylation sites (tertiary alicyclic amines) is 1. The highest BCUT2D eigenvalue weighted by atomic mass is 16.6. The predicted octanol–water partition coefficient (Wildman–Crippen LogP) is 3.38. The summed E-state index contributed by atoms with van der Waals surface area (Å²) >= 11 is 0. The summed E-state index contributed by atoms with van der Waals surface area (Å²) in [5.41, 5.74) is 2.59. The molecule has 0 aromatic rings. The normalized spacial score (nSPS) is 25.3. The molecule has 9 nitrogen and oxygen atoms in total. The number of aliphatic carboxylic acids is 2. The summed E-state index contributed by atoms with van der Waals surface area (Å²) in [6.45, 7) is 13.9. The molecule has 0 aromatic heterocycles. The van der Waals surface area contributed by atoms with Crippen molar-refractivity contribution in [1.29, 1.82) is 0 Å². The largest absolute Gasteiger partial charge is 0.480 e. The quantitative estimate of drug-likeness (QED) is 0.350. The molecule has 1 saturated heterocycles. The van der Waals surface area contributed by atoms with E-state index in [0.717, 1.165) is 19.3 Å². The second kappa shape index (κ2) is 11.8. The molecule has 1 heterocycles. The molecule has 1 aliphatic heterocycles. The van der Waals surface area contributed by atoms with Crippen LogP contribution in [0.15, 0.2) is 0 Å². The van der Waals surface area contributed by atoms with Gasteiger partial charge in [0, 0.05) is 6.42 Å². The van der Waals surface area contributed by atoms with E-state index >= 15 is 0 Å². The summed E-state index contributed by atoms with van der Waals surface area (Å²) in [4.78, 5) is 36.9. The molecule has 32 heavy (non-hydrogen) atoms. The van der Waals surface area contributed by atoms with Gasteiger partial charge >= 0.3 is 18.0 Å². The smallest absolute Gasteiger partial charge is 0.408 e. The number of nitrogens with one attached hydrogen (secondary N) is 2. The van der Waals surface area contributed by atoms with Crippen LogP contribution in [-0.2, 0) is 14.3 Å². The Morgan fingerprint density at radius 3 is 2.12 bits per heavy atom. The molecule has 0 saturated carbocycles. The maximum atomic E-state index is 12.6. The first-order chi connectivity index (χ1) is 14.8. The lowest BCUT2D eigenvalue weighted by Crippen LogP contribution is -2.74. The second-order valence-corrected chi connectivity index (χ2v) is 10.3. The van der Waals surface area contributed by atoms with Crippen molar-refractivity contribution in [3.8, 4) is 0 Å². The van der Waals surface area contributed by atoms with Crippen LogP contribution in [0.4, 0.5) is 4.79 Å². The van der Waals surface area contributed by atoms with Crippen molar-refractivity contribution in [2.24, 2.45) is 11.8 Å². The number of quaternary nitrogens is 1. The van der Waals surface area contributed by atoms with Crippen molar-refractivity contribution in [2.45, 2.75) is 104 Å². The number of alkyl carbamates (subject to hydrolysis) is 1. The Balaban J connectivity index is 3.35. The van der Waals surface area contributed by atoms with E-state index in [2.05, 4.69) is 10.7 Å². The van der Waals surface area contributed by atoms with Crippen LogP contribution in [0, 0.1) is 11.8 Å². The van der Waals surface area contributed by atoms with Crippen molar-refractivity contribution in [3.63, 3.8) is 0 Å². The molecule has 4 N–H and O–H groups in total. The maximum Gasteiger partial charge on any atom is 0.408 e. The molecule has 1 aliphatic rings. The molecule has 1 unspecified atom stereocenters. The highest BCUT2D eigenvalue weighted by molar-refractivity contribution is 5.74. The summed E-state index contributed by atoms with van der Waals surface area (Å²) in [7, 11) is 0. The van der Waals surface area contributed by atoms with E-state index in [4.69, 9.17) is 4.74 Å².